The minimum absolute atomic E-state index is 0.412. The molecule has 8 aromatic carbocycles. The molecule has 0 saturated heterocycles. The molecule has 0 aromatic heterocycles. The maximum absolute atomic E-state index is 13.8. The third kappa shape index (κ3) is 10.2. The van der Waals surface area contributed by atoms with E-state index < -0.39 is 12.3 Å². The van der Waals surface area contributed by atoms with E-state index in [2.05, 4.69) is 76.2 Å². The Bertz CT molecular complexity index is 2780. The van der Waals surface area contributed by atoms with Crippen LogP contribution in [0.15, 0.2) is 133 Å². The van der Waals surface area contributed by atoms with Crippen LogP contribution in [0.25, 0.3) is 54.2 Å². The van der Waals surface area contributed by atoms with Crippen molar-refractivity contribution in [3.8, 4) is 34.1 Å². The van der Waals surface area contributed by atoms with E-state index in [0.717, 1.165) is 117 Å². The van der Waals surface area contributed by atoms with Crippen molar-refractivity contribution >= 4 is 55.4 Å². The summed E-state index contributed by atoms with van der Waals surface area (Å²) in [6.45, 7) is 13.1. The van der Waals surface area contributed by atoms with Gasteiger partial charge in [-0.25, -0.2) is 9.59 Å². The molecule has 0 aliphatic heterocycles. The van der Waals surface area contributed by atoms with Gasteiger partial charge in [0, 0.05) is 21.5 Å². The van der Waals surface area contributed by atoms with E-state index >= 15 is 0 Å². The number of rotatable bonds is 17. The molecule has 0 aliphatic rings. The summed E-state index contributed by atoms with van der Waals surface area (Å²) in [5, 5.41) is 6.95. The highest BCUT2D eigenvalue weighted by atomic mass is 16.7. The van der Waals surface area contributed by atoms with Gasteiger partial charge < -0.3 is 18.9 Å². The Morgan fingerprint density at radius 3 is 1.15 bits per heavy atom. The highest BCUT2D eigenvalue weighted by molar-refractivity contribution is 6.27. The van der Waals surface area contributed by atoms with E-state index in [1.54, 1.807) is 24.3 Å². The van der Waals surface area contributed by atoms with E-state index in [-0.39, 0.29) is 0 Å². The molecule has 6 heteroatoms. The average Bonchev–Trinajstić information content (AvgIpc) is 3.33. The fourth-order valence-electron chi connectivity index (χ4n) is 9.55. The predicted octanol–water partition coefficient (Wildman–Crippen LogP) is 17.3. The van der Waals surface area contributed by atoms with Crippen molar-refractivity contribution in [3.05, 3.63) is 156 Å². The van der Waals surface area contributed by atoms with Gasteiger partial charge in [-0.15, -0.1) is 0 Å². The number of benzene rings is 8. The van der Waals surface area contributed by atoms with Crippen LogP contribution in [-0.4, -0.2) is 12.3 Å². The van der Waals surface area contributed by atoms with Gasteiger partial charge in [-0.05, 0) is 107 Å². The van der Waals surface area contributed by atoms with Crippen LogP contribution >= 0.6 is 0 Å². The highest BCUT2D eigenvalue weighted by Crippen LogP contribution is 2.50. The van der Waals surface area contributed by atoms with Gasteiger partial charge in [-0.1, -0.05) is 199 Å². The summed E-state index contributed by atoms with van der Waals surface area (Å²) in [5.74, 6) is 2.78. The van der Waals surface area contributed by atoms with Gasteiger partial charge in [-0.2, -0.15) is 0 Å². The van der Waals surface area contributed by atoms with Crippen LogP contribution in [0.3, 0.4) is 0 Å². The molecule has 338 valence electrons. The van der Waals surface area contributed by atoms with E-state index in [1.165, 1.54) is 24.0 Å². The van der Waals surface area contributed by atoms with Gasteiger partial charge >= 0.3 is 12.3 Å². The van der Waals surface area contributed by atoms with Gasteiger partial charge in [0.25, 0.3) is 0 Å². The number of carbonyl (C=O) groups is 2. The first-order valence-electron chi connectivity index (χ1n) is 24.0. The molecule has 0 saturated carbocycles. The van der Waals surface area contributed by atoms with Crippen molar-refractivity contribution in [2.45, 2.75) is 106 Å². The zero-order valence-corrected chi connectivity index (χ0v) is 39.4. The Kier molecular flexibility index (Phi) is 14.7. The molecule has 0 bridgehead atoms. The fraction of sp³-hybridized carbons (Fsp3) is 0.300. The van der Waals surface area contributed by atoms with Crippen LogP contribution in [0.1, 0.15) is 101 Å². The van der Waals surface area contributed by atoms with Gasteiger partial charge in [-0.3, -0.25) is 0 Å². The van der Waals surface area contributed by atoms with Crippen LogP contribution < -0.4 is 18.9 Å². The Balaban J connectivity index is 1.40. The largest absolute Gasteiger partial charge is 0.519 e. The zero-order chi connectivity index (χ0) is 46.2. The van der Waals surface area contributed by atoms with Crippen molar-refractivity contribution in [2.24, 2.45) is 11.8 Å². The Morgan fingerprint density at radius 1 is 0.424 bits per heavy atom. The number of unbranched alkanes of at least 4 members (excludes halogenated alkanes) is 2. The van der Waals surface area contributed by atoms with Gasteiger partial charge in [0.15, 0.2) is 0 Å². The van der Waals surface area contributed by atoms with Gasteiger partial charge in [0.2, 0.25) is 0 Å². The van der Waals surface area contributed by atoms with Crippen LogP contribution in [0, 0.1) is 25.7 Å². The summed E-state index contributed by atoms with van der Waals surface area (Å²) in [5.41, 5.74) is 6.63. The standard InChI is InChI=1S/C60H62O6/c1-7-11-17-41(9-3)35-43-27-33-51-53(37-43)55(47-19-13-15-21-49(47)57(51)65-59(61)63-45-29-23-39(5)24-30-45)56-48-20-14-16-22-50(48)58(66-60(62)64-46-31-25-40(6)26-32-46)52-34-28-44(38-54(52)56)36-42(10-4)18-12-8-2/h13-16,19-34,37-38,41-42H,7-12,17-18,35-36H2,1-6H3. The number of ether oxygens (including phenoxy) is 4. The van der Waals surface area contributed by atoms with Crippen LogP contribution in [0.4, 0.5) is 9.59 Å². The third-order valence-electron chi connectivity index (χ3n) is 13.3. The van der Waals surface area contributed by atoms with E-state index in [4.69, 9.17) is 18.9 Å². The summed E-state index contributed by atoms with van der Waals surface area (Å²) in [6.07, 6.45) is 9.46. The van der Waals surface area contributed by atoms with Gasteiger partial charge in [0.1, 0.15) is 23.0 Å². The van der Waals surface area contributed by atoms with Crippen LogP contribution in [0.2, 0.25) is 0 Å². The van der Waals surface area contributed by atoms with E-state index in [1.807, 2.05) is 74.5 Å². The number of hydrogen-bond acceptors (Lipinski definition) is 6. The lowest BCUT2D eigenvalue weighted by Crippen LogP contribution is -2.14. The summed E-state index contributed by atoms with van der Waals surface area (Å²) >= 11 is 0. The van der Waals surface area contributed by atoms with E-state index in [0.29, 0.717) is 34.8 Å². The minimum Gasteiger partial charge on any atom is -0.395 e. The molecule has 66 heavy (non-hydrogen) atoms. The normalized spacial score (nSPS) is 12.4. The first kappa shape index (κ1) is 45.9. The number of hydrogen-bond donors (Lipinski definition) is 0. The lowest BCUT2D eigenvalue weighted by Gasteiger charge is -2.23. The molecule has 0 N–H and O–H groups in total. The number of carbonyl (C=O) groups excluding carboxylic acids is 2. The smallest absolute Gasteiger partial charge is 0.395 e. The van der Waals surface area contributed by atoms with Crippen molar-refractivity contribution in [3.63, 3.8) is 0 Å². The van der Waals surface area contributed by atoms with Crippen LogP contribution in [-0.2, 0) is 12.8 Å². The van der Waals surface area contributed by atoms with Crippen molar-refractivity contribution in [2.75, 3.05) is 0 Å². The Hall–Kier alpha value is -6.66. The fourth-order valence-corrected chi connectivity index (χ4v) is 9.55. The molecule has 0 heterocycles. The maximum Gasteiger partial charge on any atom is 0.519 e. The molecule has 6 nitrogen and oxygen atoms in total. The molecule has 2 unspecified atom stereocenters. The summed E-state index contributed by atoms with van der Waals surface area (Å²) in [4.78, 5) is 27.6. The molecule has 0 aliphatic carbocycles. The second kappa shape index (κ2) is 21.1. The molecule has 0 spiro atoms. The van der Waals surface area contributed by atoms with Crippen molar-refractivity contribution < 1.29 is 28.5 Å². The highest BCUT2D eigenvalue weighted by Gasteiger charge is 2.26. The third-order valence-corrected chi connectivity index (χ3v) is 13.3. The first-order valence-corrected chi connectivity index (χ1v) is 24.0. The quantitative estimate of drug-likeness (QED) is 0.0515. The lowest BCUT2D eigenvalue weighted by atomic mass is 9.83. The molecule has 8 rings (SSSR count). The molecule has 8 aromatic rings. The average molecular weight is 879 g/mol. The van der Waals surface area contributed by atoms with Crippen molar-refractivity contribution in [1.29, 1.82) is 0 Å². The predicted molar refractivity (Wildman–Crippen MR) is 272 cm³/mol. The summed E-state index contributed by atoms with van der Waals surface area (Å²) in [7, 11) is 0. The van der Waals surface area contributed by atoms with Gasteiger partial charge in [0.05, 0.1) is 0 Å². The lowest BCUT2D eigenvalue weighted by molar-refractivity contribution is 0.152. The molecule has 2 atom stereocenters. The summed E-state index contributed by atoms with van der Waals surface area (Å²) < 4.78 is 24.2. The second-order valence-electron chi connectivity index (χ2n) is 18.0. The van der Waals surface area contributed by atoms with E-state index in [9.17, 15) is 9.59 Å². The monoisotopic (exact) mass is 878 g/mol. The van der Waals surface area contributed by atoms with Crippen LogP contribution in [0.5, 0.6) is 23.0 Å². The Morgan fingerprint density at radius 2 is 0.788 bits per heavy atom. The first-order chi connectivity index (χ1) is 32.2. The molecule has 0 radical (unpaired) electrons. The number of fused-ring (bicyclic) bond motifs is 4. The topological polar surface area (TPSA) is 71.1 Å². The SMILES string of the molecule is CCCCC(CC)Cc1ccc2c(OC(=O)Oc3ccc(C)cc3)c3ccccc3c(-c3c4ccccc4c(OC(=O)Oc4ccc(C)cc4)c4ccc(CC(CC)CCCC)cc34)c2c1. The molecule has 0 amide bonds. The van der Waals surface area contributed by atoms with Crippen molar-refractivity contribution in [1.82, 2.24) is 0 Å². The Labute approximate surface area is 389 Å². The second-order valence-corrected chi connectivity index (χ2v) is 18.0. The molecular formula is C60H62O6. The number of aryl methyl sites for hydroxylation is 2. The summed E-state index contributed by atoms with van der Waals surface area (Å²) in [6, 6.07) is 44.3. The minimum atomic E-state index is -0.805. The maximum atomic E-state index is 13.8. The molecule has 0 fully saturated rings. The zero-order valence-electron chi connectivity index (χ0n) is 39.4. The molecular weight excluding hydrogens is 817 g/mol.